The van der Waals surface area contributed by atoms with Gasteiger partial charge in [-0.3, -0.25) is 9.59 Å². The number of carboxylic acid groups (broad SMARTS) is 1. The van der Waals surface area contributed by atoms with Gasteiger partial charge in [0.25, 0.3) is 6.47 Å². The average molecular weight is 734 g/mol. The molecule has 0 unspecified atom stereocenters. The number of rotatable bonds is 10. The van der Waals surface area contributed by atoms with Crippen molar-refractivity contribution in [1.82, 2.24) is 0 Å². The zero-order valence-corrected chi connectivity index (χ0v) is 31.7. The maximum atomic E-state index is 12.0. The van der Waals surface area contributed by atoms with Crippen molar-refractivity contribution in [1.29, 1.82) is 0 Å². The Kier molecular flexibility index (Phi) is 8.90. The molecule has 0 amide bonds. The van der Waals surface area contributed by atoms with Crippen LogP contribution in [-0.2, 0) is 25.2 Å². The molecule has 0 bridgehead atoms. The Labute approximate surface area is 319 Å². The highest BCUT2D eigenvalue weighted by Gasteiger charge is 2.47. The molecule has 0 spiro atoms. The fourth-order valence-electron chi connectivity index (χ4n) is 9.08. The normalized spacial score (nSPS) is 17.0. The Morgan fingerprint density at radius 1 is 0.759 bits per heavy atom. The first-order chi connectivity index (χ1) is 26.1. The lowest BCUT2D eigenvalue weighted by atomic mass is 9.78. The van der Waals surface area contributed by atoms with E-state index in [0.717, 1.165) is 44.3 Å². The van der Waals surface area contributed by atoms with Gasteiger partial charge in [0.15, 0.2) is 12.3 Å². The van der Waals surface area contributed by atoms with E-state index in [1.54, 1.807) is 0 Å². The lowest BCUT2D eigenvalue weighted by Gasteiger charge is -2.27. The van der Waals surface area contributed by atoms with E-state index in [2.05, 4.69) is 134 Å². The highest BCUT2D eigenvalue weighted by molar-refractivity contribution is 6.31. The summed E-state index contributed by atoms with van der Waals surface area (Å²) >= 11 is 7.09. The molecule has 8 rings (SSSR count). The van der Waals surface area contributed by atoms with Crippen molar-refractivity contribution in [3.05, 3.63) is 143 Å². The third-order valence-electron chi connectivity index (χ3n) is 11.3. The molecule has 6 nitrogen and oxygen atoms in total. The number of fused-ring (bicyclic) bond motifs is 12. The van der Waals surface area contributed by atoms with E-state index >= 15 is 0 Å². The molecule has 0 saturated carbocycles. The molecule has 0 aliphatic carbocycles. The van der Waals surface area contributed by atoms with E-state index in [1.165, 1.54) is 32.7 Å². The van der Waals surface area contributed by atoms with Crippen LogP contribution in [0.1, 0.15) is 45.2 Å². The van der Waals surface area contributed by atoms with Crippen molar-refractivity contribution in [2.75, 3.05) is 24.6 Å². The minimum Gasteiger partial charge on any atom is -0.481 e. The van der Waals surface area contributed by atoms with Crippen LogP contribution in [0.2, 0.25) is 0 Å². The molecule has 270 valence electrons. The van der Waals surface area contributed by atoms with Crippen LogP contribution < -0.4 is 4.90 Å². The van der Waals surface area contributed by atoms with Gasteiger partial charge in [0.1, 0.15) is 13.0 Å². The molecule has 7 heteroatoms. The molecule has 0 aromatic heterocycles. The summed E-state index contributed by atoms with van der Waals surface area (Å²) in [5, 5.41) is 19.6. The van der Waals surface area contributed by atoms with Gasteiger partial charge in [0, 0.05) is 33.2 Å². The summed E-state index contributed by atoms with van der Waals surface area (Å²) in [4.78, 5) is 25.5. The first kappa shape index (κ1) is 35.3. The van der Waals surface area contributed by atoms with Gasteiger partial charge in [0.2, 0.25) is 5.69 Å². The predicted molar refractivity (Wildman–Crippen MR) is 222 cm³/mol. The fraction of sp³-hybridized carbons (Fsp3) is 0.213. The predicted octanol–water partition coefficient (Wildman–Crippen LogP) is 10.7. The van der Waals surface area contributed by atoms with E-state index < -0.39 is 16.8 Å². The van der Waals surface area contributed by atoms with Crippen molar-refractivity contribution < 1.29 is 24.0 Å². The monoisotopic (exact) mass is 733 g/mol. The zero-order valence-electron chi connectivity index (χ0n) is 30.9. The molecule has 54 heavy (non-hydrogen) atoms. The molecular formula is C47H42ClN2O4+. The molecule has 0 fully saturated rings. The summed E-state index contributed by atoms with van der Waals surface area (Å²) in [7, 11) is 0. The number of carbonyl (C=O) groups excluding carboxylic acids is 1. The van der Waals surface area contributed by atoms with Crippen molar-refractivity contribution in [2.24, 2.45) is 0 Å². The topological polar surface area (TPSA) is 69.8 Å². The molecule has 0 atom stereocenters. The van der Waals surface area contributed by atoms with Crippen LogP contribution in [0.3, 0.4) is 0 Å². The number of halogens is 1. The summed E-state index contributed by atoms with van der Waals surface area (Å²) in [5.41, 5.74) is 5.75. The molecule has 0 radical (unpaired) electrons. The Balaban J connectivity index is 1.25. The molecule has 6 aromatic rings. The molecule has 1 N–H and O–H groups in total. The number of anilines is 1. The van der Waals surface area contributed by atoms with Gasteiger partial charge in [-0.2, -0.15) is 4.58 Å². The summed E-state index contributed by atoms with van der Waals surface area (Å²) in [6.07, 6.45) is 7.97. The number of carboxylic acids is 1. The number of allylic oxidation sites excluding steroid dienone is 6. The van der Waals surface area contributed by atoms with Gasteiger partial charge in [-0.05, 0) is 76.0 Å². The maximum Gasteiger partial charge on any atom is 0.309 e. The number of hydrogen-bond donors (Lipinski definition) is 1. The molecule has 2 aliphatic heterocycles. The Bertz CT molecular complexity index is 2660. The van der Waals surface area contributed by atoms with E-state index in [1.807, 2.05) is 24.3 Å². The number of ether oxygens (including phenoxy) is 1. The number of nitrogens with zero attached hydrogens (tertiary/aromatic N) is 2. The first-order valence-electron chi connectivity index (χ1n) is 18.4. The highest BCUT2D eigenvalue weighted by atomic mass is 35.5. The SMILES string of the molecule is CC1(C)C(/C=C/C(Cl)=C/C=C2\N(CCOC=O)c3c(c4ccccc4c4ccccc34)C2(C)C)=[N+](CCC(=O)O)c2c1c1ccccc1c1ccccc21. The maximum absolute atomic E-state index is 12.0. The summed E-state index contributed by atoms with van der Waals surface area (Å²) in [6, 6.07) is 33.9. The second-order valence-electron chi connectivity index (χ2n) is 15.1. The summed E-state index contributed by atoms with van der Waals surface area (Å²) < 4.78 is 7.43. The van der Waals surface area contributed by atoms with Crippen LogP contribution in [0.15, 0.2) is 132 Å². The average Bonchev–Trinajstić information content (AvgIpc) is 3.54. The molecular weight excluding hydrogens is 692 g/mol. The van der Waals surface area contributed by atoms with E-state index in [-0.39, 0.29) is 13.0 Å². The lowest BCUT2D eigenvalue weighted by molar-refractivity contribution is -0.435. The Morgan fingerprint density at radius 3 is 1.87 bits per heavy atom. The van der Waals surface area contributed by atoms with Gasteiger partial charge >= 0.3 is 5.97 Å². The zero-order chi connectivity index (χ0) is 37.8. The third kappa shape index (κ3) is 5.59. The number of aliphatic carboxylic acids is 1. The van der Waals surface area contributed by atoms with E-state index in [0.29, 0.717) is 24.6 Å². The number of benzene rings is 6. The Hall–Kier alpha value is -5.72. The van der Waals surface area contributed by atoms with Crippen LogP contribution in [0.4, 0.5) is 11.4 Å². The van der Waals surface area contributed by atoms with Gasteiger partial charge in [-0.15, -0.1) is 0 Å². The summed E-state index contributed by atoms with van der Waals surface area (Å²) in [6.45, 7) is 10.4. The second-order valence-corrected chi connectivity index (χ2v) is 15.6. The number of hydrogen-bond acceptors (Lipinski definition) is 4. The molecule has 2 aliphatic rings. The third-order valence-corrected chi connectivity index (χ3v) is 11.6. The minimum absolute atomic E-state index is 0.00760. The first-order valence-corrected chi connectivity index (χ1v) is 18.8. The van der Waals surface area contributed by atoms with Gasteiger partial charge in [-0.1, -0.05) is 116 Å². The molecule has 0 saturated heterocycles. The van der Waals surface area contributed by atoms with Crippen LogP contribution in [0.5, 0.6) is 0 Å². The van der Waals surface area contributed by atoms with Crippen LogP contribution >= 0.6 is 11.6 Å². The lowest BCUT2D eigenvalue weighted by Crippen LogP contribution is -2.29. The van der Waals surface area contributed by atoms with Gasteiger partial charge < -0.3 is 14.7 Å². The Morgan fingerprint density at radius 2 is 1.28 bits per heavy atom. The summed E-state index contributed by atoms with van der Waals surface area (Å²) in [5.74, 6) is -0.844. The smallest absolute Gasteiger partial charge is 0.309 e. The van der Waals surface area contributed by atoms with E-state index in [4.69, 9.17) is 16.3 Å². The quantitative estimate of drug-likeness (QED) is 0.0499. The van der Waals surface area contributed by atoms with Crippen LogP contribution in [0.25, 0.3) is 43.1 Å². The minimum atomic E-state index is -0.844. The van der Waals surface area contributed by atoms with Crippen molar-refractivity contribution >= 4 is 84.2 Å². The fourth-order valence-corrected chi connectivity index (χ4v) is 9.20. The van der Waals surface area contributed by atoms with Crippen LogP contribution in [-0.4, -0.2) is 47.5 Å². The standard InChI is InChI=1S/C47H41ClN2O4/c1-46(2)39(49(26-25-41(52)53)44-37-19-11-7-15-33(37)31-13-5-9-17-35(31)42(44)46)23-21-30(48)22-24-40-47(3,4)43-36-18-10-6-14-32(36)34-16-8-12-20-38(34)45(43)50(40)27-28-54-29-51/h5-24,29H,25-28H2,1-4H3/p+1. The largest absolute Gasteiger partial charge is 0.481 e. The number of carbonyl (C=O) groups is 2. The second kappa shape index (κ2) is 13.6. The van der Waals surface area contributed by atoms with Gasteiger partial charge in [0.05, 0.1) is 23.0 Å². The van der Waals surface area contributed by atoms with E-state index in [9.17, 15) is 14.7 Å². The molecule has 6 aromatic carbocycles. The molecule has 2 heterocycles. The van der Waals surface area contributed by atoms with Crippen molar-refractivity contribution in [3.8, 4) is 0 Å². The van der Waals surface area contributed by atoms with Crippen LogP contribution in [0, 0.1) is 0 Å². The van der Waals surface area contributed by atoms with Crippen molar-refractivity contribution in [3.63, 3.8) is 0 Å². The van der Waals surface area contributed by atoms with Crippen molar-refractivity contribution in [2.45, 2.75) is 44.9 Å². The van der Waals surface area contributed by atoms with Gasteiger partial charge in [-0.25, -0.2) is 0 Å². The highest BCUT2D eigenvalue weighted by Crippen LogP contribution is 2.54.